The zero-order valence-electron chi connectivity index (χ0n) is 15.5. The van der Waals surface area contributed by atoms with Crippen molar-refractivity contribution in [3.05, 3.63) is 53.6 Å². The van der Waals surface area contributed by atoms with Crippen LogP contribution in [0.2, 0.25) is 0 Å². The molecule has 1 fully saturated rings. The number of rotatable bonds is 4. The number of fused-ring (bicyclic) bond motifs is 1. The highest BCUT2D eigenvalue weighted by atomic mass is 16.5. The number of likely N-dealkylation sites (tertiary alicyclic amines) is 1. The number of carbonyl (C=O) groups is 2. The molecule has 9 heteroatoms. The maximum atomic E-state index is 12.8. The molecular weight excluding hydrogens is 362 g/mol. The Hall–Kier alpha value is -3.49. The lowest BCUT2D eigenvalue weighted by Gasteiger charge is -2.16. The van der Waals surface area contributed by atoms with E-state index >= 15 is 0 Å². The second-order valence-electron chi connectivity index (χ2n) is 6.53. The molecule has 2 aromatic heterocycles. The second kappa shape index (κ2) is 7.26. The normalized spacial score (nSPS) is 16.4. The number of hydrogen-bond acceptors (Lipinski definition) is 7. The third-order valence-electron chi connectivity index (χ3n) is 4.61. The number of amides is 1. The molecule has 0 N–H and O–H groups in total. The van der Waals surface area contributed by atoms with E-state index in [9.17, 15) is 9.59 Å². The Morgan fingerprint density at radius 1 is 1.25 bits per heavy atom. The zero-order valence-corrected chi connectivity index (χ0v) is 15.5. The molecule has 3 aromatic rings. The highest BCUT2D eigenvalue weighted by Crippen LogP contribution is 2.21. The van der Waals surface area contributed by atoms with Gasteiger partial charge in [0.25, 0.3) is 11.7 Å². The first-order valence-corrected chi connectivity index (χ1v) is 8.88. The standard InChI is InChI=1S/C19H19N5O4/c1-12-6-8-20-19-21-16(22-24(12)19)17(25)23-9-7-15(11-23)28-14-5-3-4-13(10-14)18(26)27-2/h3-6,8,10,15H,7,9,11H2,1-2H3. The minimum absolute atomic E-state index is 0.120. The Bertz CT molecular complexity index is 1050. The number of esters is 1. The molecule has 0 saturated carbocycles. The molecule has 4 rings (SSSR count). The van der Waals surface area contributed by atoms with Gasteiger partial charge in [-0.3, -0.25) is 4.79 Å². The predicted molar refractivity (Wildman–Crippen MR) is 98.2 cm³/mol. The number of hydrogen-bond donors (Lipinski definition) is 0. The summed E-state index contributed by atoms with van der Waals surface area (Å²) in [6.07, 6.45) is 2.14. The predicted octanol–water partition coefficient (Wildman–Crippen LogP) is 1.51. The lowest BCUT2D eigenvalue weighted by atomic mass is 10.2. The number of benzene rings is 1. The molecule has 1 aromatic carbocycles. The lowest BCUT2D eigenvalue weighted by molar-refractivity contribution is 0.0600. The van der Waals surface area contributed by atoms with Gasteiger partial charge in [-0.05, 0) is 31.2 Å². The molecule has 3 heterocycles. The molecule has 1 atom stereocenters. The van der Waals surface area contributed by atoms with E-state index in [2.05, 4.69) is 15.1 Å². The molecule has 1 amide bonds. The van der Waals surface area contributed by atoms with Crippen LogP contribution in [0.1, 0.15) is 33.1 Å². The topological polar surface area (TPSA) is 98.9 Å². The van der Waals surface area contributed by atoms with Crippen LogP contribution < -0.4 is 4.74 Å². The number of carbonyl (C=O) groups excluding carboxylic acids is 2. The van der Waals surface area contributed by atoms with Gasteiger partial charge in [0.1, 0.15) is 11.9 Å². The molecule has 1 aliphatic heterocycles. The summed E-state index contributed by atoms with van der Waals surface area (Å²) in [6.45, 7) is 2.84. The summed E-state index contributed by atoms with van der Waals surface area (Å²) < 4.78 is 12.2. The second-order valence-corrected chi connectivity index (χ2v) is 6.53. The molecule has 1 aliphatic rings. The van der Waals surface area contributed by atoms with E-state index in [-0.39, 0.29) is 17.8 Å². The zero-order chi connectivity index (χ0) is 19.7. The SMILES string of the molecule is COC(=O)c1cccc(OC2CCN(C(=O)c3nc4nccc(C)n4n3)C2)c1. The molecule has 0 aliphatic carbocycles. The lowest BCUT2D eigenvalue weighted by Crippen LogP contribution is -2.31. The molecule has 1 saturated heterocycles. The van der Waals surface area contributed by atoms with Gasteiger partial charge in [0.05, 0.1) is 19.2 Å². The third kappa shape index (κ3) is 3.38. The highest BCUT2D eigenvalue weighted by Gasteiger charge is 2.30. The fourth-order valence-electron chi connectivity index (χ4n) is 3.15. The number of aromatic nitrogens is 4. The van der Waals surface area contributed by atoms with Crippen LogP contribution in [0.25, 0.3) is 5.78 Å². The van der Waals surface area contributed by atoms with Gasteiger partial charge < -0.3 is 14.4 Å². The van der Waals surface area contributed by atoms with Crippen LogP contribution >= 0.6 is 0 Å². The number of nitrogens with zero attached hydrogens (tertiary/aromatic N) is 5. The van der Waals surface area contributed by atoms with Gasteiger partial charge in [-0.1, -0.05) is 6.07 Å². The summed E-state index contributed by atoms with van der Waals surface area (Å²) in [5.41, 5.74) is 1.27. The summed E-state index contributed by atoms with van der Waals surface area (Å²) in [6, 6.07) is 8.60. The maximum absolute atomic E-state index is 12.8. The Labute approximate surface area is 160 Å². The smallest absolute Gasteiger partial charge is 0.337 e. The summed E-state index contributed by atoms with van der Waals surface area (Å²) in [5.74, 6) is 0.410. The quantitative estimate of drug-likeness (QED) is 0.632. The van der Waals surface area contributed by atoms with E-state index in [1.165, 1.54) is 7.11 Å². The average Bonchev–Trinajstić information content (AvgIpc) is 3.35. The van der Waals surface area contributed by atoms with Gasteiger partial charge in [-0.15, -0.1) is 5.10 Å². The molecule has 0 spiro atoms. The number of aryl methyl sites for hydroxylation is 1. The summed E-state index contributed by atoms with van der Waals surface area (Å²) in [4.78, 5) is 34.4. The molecule has 0 radical (unpaired) electrons. The molecule has 0 bridgehead atoms. The largest absolute Gasteiger partial charge is 0.488 e. The minimum Gasteiger partial charge on any atom is -0.488 e. The summed E-state index contributed by atoms with van der Waals surface area (Å²) in [7, 11) is 1.33. The highest BCUT2D eigenvalue weighted by molar-refractivity contribution is 5.91. The first-order chi connectivity index (χ1) is 13.5. The van der Waals surface area contributed by atoms with Crippen LogP contribution in [-0.2, 0) is 4.74 Å². The van der Waals surface area contributed by atoms with Crippen molar-refractivity contribution in [3.63, 3.8) is 0 Å². The first kappa shape index (κ1) is 17.9. The molecule has 28 heavy (non-hydrogen) atoms. The maximum Gasteiger partial charge on any atom is 0.337 e. The molecular formula is C19H19N5O4. The van der Waals surface area contributed by atoms with E-state index in [0.29, 0.717) is 36.6 Å². The van der Waals surface area contributed by atoms with Crippen molar-refractivity contribution in [1.82, 2.24) is 24.5 Å². The van der Waals surface area contributed by atoms with Crippen molar-refractivity contribution >= 4 is 17.7 Å². The van der Waals surface area contributed by atoms with Crippen LogP contribution in [0.15, 0.2) is 36.5 Å². The third-order valence-corrected chi connectivity index (χ3v) is 4.61. The Balaban J connectivity index is 1.44. The van der Waals surface area contributed by atoms with Crippen molar-refractivity contribution in [1.29, 1.82) is 0 Å². The van der Waals surface area contributed by atoms with Gasteiger partial charge in [-0.25, -0.2) is 14.3 Å². The Morgan fingerprint density at radius 3 is 2.89 bits per heavy atom. The van der Waals surface area contributed by atoms with E-state index in [4.69, 9.17) is 9.47 Å². The van der Waals surface area contributed by atoms with Crippen LogP contribution in [0.5, 0.6) is 5.75 Å². The van der Waals surface area contributed by atoms with Gasteiger partial charge in [0, 0.05) is 24.9 Å². The van der Waals surface area contributed by atoms with Gasteiger partial charge in [-0.2, -0.15) is 4.98 Å². The van der Waals surface area contributed by atoms with Gasteiger partial charge in [0.15, 0.2) is 0 Å². The van der Waals surface area contributed by atoms with Crippen molar-refractivity contribution in [2.24, 2.45) is 0 Å². The Kier molecular flexibility index (Phi) is 4.64. The van der Waals surface area contributed by atoms with Crippen molar-refractivity contribution in [3.8, 4) is 5.75 Å². The molecule has 144 valence electrons. The Morgan fingerprint density at radius 2 is 2.11 bits per heavy atom. The molecule has 9 nitrogen and oxygen atoms in total. The fourth-order valence-corrected chi connectivity index (χ4v) is 3.15. The summed E-state index contributed by atoms with van der Waals surface area (Å²) in [5, 5.41) is 4.27. The fraction of sp³-hybridized carbons (Fsp3) is 0.316. The summed E-state index contributed by atoms with van der Waals surface area (Å²) >= 11 is 0. The van der Waals surface area contributed by atoms with Crippen LogP contribution in [0.3, 0.4) is 0 Å². The van der Waals surface area contributed by atoms with Crippen molar-refractivity contribution in [2.75, 3.05) is 20.2 Å². The van der Waals surface area contributed by atoms with E-state index in [0.717, 1.165) is 5.69 Å². The van der Waals surface area contributed by atoms with E-state index < -0.39 is 5.97 Å². The van der Waals surface area contributed by atoms with E-state index in [1.54, 1.807) is 45.9 Å². The van der Waals surface area contributed by atoms with Gasteiger partial charge >= 0.3 is 5.97 Å². The monoisotopic (exact) mass is 381 g/mol. The van der Waals surface area contributed by atoms with Crippen LogP contribution in [0.4, 0.5) is 0 Å². The molecule has 1 unspecified atom stereocenters. The first-order valence-electron chi connectivity index (χ1n) is 8.88. The average molecular weight is 381 g/mol. The minimum atomic E-state index is -0.421. The van der Waals surface area contributed by atoms with Crippen LogP contribution in [-0.4, -0.2) is 62.7 Å². The van der Waals surface area contributed by atoms with Gasteiger partial charge in [0.2, 0.25) is 5.82 Å². The van der Waals surface area contributed by atoms with E-state index in [1.807, 2.05) is 6.92 Å². The van der Waals surface area contributed by atoms with Crippen LogP contribution in [0, 0.1) is 6.92 Å². The number of methoxy groups -OCH3 is 1. The number of ether oxygens (including phenoxy) is 2. The van der Waals surface area contributed by atoms with Crippen molar-refractivity contribution in [2.45, 2.75) is 19.4 Å². The van der Waals surface area contributed by atoms with Crippen molar-refractivity contribution < 1.29 is 19.1 Å².